The zero-order chi connectivity index (χ0) is 16.8. The maximum atomic E-state index is 13.3. The lowest BCUT2D eigenvalue weighted by Crippen LogP contribution is -2.45. The third-order valence-electron chi connectivity index (χ3n) is 2.75. The van der Waals surface area contributed by atoms with Gasteiger partial charge in [0.05, 0.1) is 19.8 Å². The molecule has 1 rings (SSSR count). The molecule has 1 atom stereocenters. The summed E-state index contributed by atoms with van der Waals surface area (Å²) < 4.78 is 49.6. The van der Waals surface area contributed by atoms with Gasteiger partial charge in [-0.25, -0.2) is 12.8 Å². The van der Waals surface area contributed by atoms with Crippen molar-refractivity contribution in [3.63, 3.8) is 0 Å². The van der Waals surface area contributed by atoms with E-state index in [2.05, 4.69) is 10.0 Å². The Bertz CT molecular complexity index is 621. The van der Waals surface area contributed by atoms with Crippen molar-refractivity contribution in [3.05, 3.63) is 24.0 Å². The Morgan fingerprint density at radius 3 is 2.64 bits per heavy atom. The zero-order valence-electron chi connectivity index (χ0n) is 12.6. The van der Waals surface area contributed by atoms with Crippen LogP contribution in [0.3, 0.4) is 0 Å². The SMILES string of the molecule is COCCNC(=O)C(C)NS(=O)(=O)c1cc(F)ccc1OC. The van der Waals surface area contributed by atoms with Crippen molar-refractivity contribution < 1.29 is 27.1 Å². The van der Waals surface area contributed by atoms with Gasteiger partial charge in [0.2, 0.25) is 15.9 Å². The summed E-state index contributed by atoms with van der Waals surface area (Å²) in [5.74, 6) is -1.25. The predicted octanol–water partition coefficient (Wildman–Crippen LogP) is 0.264. The van der Waals surface area contributed by atoms with E-state index in [-0.39, 0.29) is 17.2 Å². The van der Waals surface area contributed by atoms with Gasteiger partial charge in [0.15, 0.2) is 0 Å². The van der Waals surface area contributed by atoms with Crippen LogP contribution in [0, 0.1) is 5.82 Å². The molecule has 1 aromatic rings. The van der Waals surface area contributed by atoms with E-state index in [9.17, 15) is 17.6 Å². The van der Waals surface area contributed by atoms with Gasteiger partial charge in [-0.05, 0) is 25.1 Å². The van der Waals surface area contributed by atoms with Crippen molar-refractivity contribution in [2.45, 2.75) is 17.9 Å². The molecule has 0 aromatic heterocycles. The molecular weight excluding hydrogens is 315 g/mol. The van der Waals surface area contributed by atoms with Crippen molar-refractivity contribution >= 4 is 15.9 Å². The summed E-state index contributed by atoms with van der Waals surface area (Å²) in [6.07, 6.45) is 0. The molecule has 22 heavy (non-hydrogen) atoms. The van der Waals surface area contributed by atoms with Crippen LogP contribution in [0.2, 0.25) is 0 Å². The van der Waals surface area contributed by atoms with Gasteiger partial charge in [-0.15, -0.1) is 0 Å². The van der Waals surface area contributed by atoms with Crippen LogP contribution in [0.15, 0.2) is 23.1 Å². The van der Waals surface area contributed by atoms with Gasteiger partial charge in [-0.1, -0.05) is 0 Å². The van der Waals surface area contributed by atoms with Crippen molar-refractivity contribution in [1.82, 2.24) is 10.0 Å². The Morgan fingerprint density at radius 2 is 2.05 bits per heavy atom. The van der Waals surface area contributed by atoms with Gasteiger partial charge in [-0.2, -0.15) is 4.72 Å². The molecule has 0 aliphatic carbocycles. The monoisotopic (exact) mass is 334 g/mol. The van der Waals surface area contributed by atoms with E-state index in [4.69, 9.17) is 9.47 Å². The number of carbonyl (C=O) groups is 1. The van der Waals surface area contributed by atoms with Crippen LogP contribution < -0.4 is 14.8 Å². The predicted molar refractivity (Wildman–Crippen MR) is 77.6 cm³/mol. The Kier molecular flexibility index (Phi) is 6.72. The highest BCUT2D eigenvalue weighted by Crippen LogP contribution is 2.24. The van der Waals surface area contributed by atoms with E-state index in [0.717, 1.165) is 12.1 Å². The molecule has 0 heterocycles. The number of ether oxygens (including phenoxy) is 2. The van der Waals surface area contributed by atoms with Gasteiger partial charge in [0.1, 0.15) is 16.5 Å². The van der Waals surface area contributed by atoms with Crippen LogP contribution >= 0.6 is 0 Å². The Morgan fingerprint density at radius 1 is 1.36 bits per heavy atom. The minimum atomic E-state index is -4.11. The first-order valence-electron chi connectivity index (χ1n) is 6.44. The van der Waals surface area contributed by atoms with Gasteiger partial charge < -0.3 is 14.8 Å². The molecule has 1 unspecified atom stereocenters. The van der Waals surface area contributed by atoms with E-state index >= 15 is 0 Å². The summed E-state index contributed by atoms with van der Waals surface area (Å²) >= 11 is 0. The number of hydrogen-bond acceptors (Lipinski definition) is 5. The van der Waals surface area contributed by atoms with Crippen LogP contribution in [0.5, 0.6) is 5.75 Å². The summed E-state index contributed by atoms with van der Waals surface area (Å²) in [6, 6.07) is 2.08. The lowest BCUT2D eigenvalue weighted by Gasteiger charge is -2.15. The number of sulfonamides is 1. The largest absolute Gasteiger partial charge is 0.495 e. The van der Waals surface area contributed by atoms with Crippen molar-refractivity contribution in [2.75, 3.05) is 27.4 Å². The molecule has 0 saturated heterocycles. The summed E-state index contributed by atoms with van der Waals surface area (Å²) in [4.78, 5) is 11.4. The van der Waals surface area contributed by atoms with Crippen molar-refractivity contribution in [3.8, 4) is 5.75 Å². The van der Waals surface area contributed by atoms with Gasteiger partial charge in [0, 0.05) is 13.7 Å². The van der Waals surface area contributed by atoms with Crippen LogP contribution in [0.25, 0.3) is 0 Å². The lowest BCUT2D eigenvalue weighted by atomic mass is 10.3. The molecule has 0 aliphatic heterocycles. The van der Waals surface area contributed by atoms with Crippen molar-refractivity contribution in [1.29, 1.82) is 0 Å². The average Bonchev–Trinajstić information content (AvgIpc) is 2.46. The number of nitrogens with one attached hydrogen (secondary N) is 2. The van der Waals surface area contributed by atoms with Crippen LogP contribution in [0.1, 0.15) is 6.92 Å². The number of hydrogen-bond donors (Lipinski definition) is 2. The third-order valence-corrected chi connectivity index (χ3v) is 4.31. The molecule has 0 radical (unpaired) electrons. The second-order valence-corrected chi connectivity index (χ2v) is 6.10. The standard InChI is InChI=1S/C13H19FN2O5S/c1-9(13(17)15-6-7-20-2)16-22(18,19)12-8-10(14)4-5-11(12)21-3/h4-5,8-9,16H,6-7H2,1-3H3,(H,15,17). The highest BCUT2D eigenvalue weighted by Gasteiger charge is 2.25. The zero-order valence-corrected chi connectivity index (χ0v) is 13.4. The van der Waals surface area contributed by atoms with Crippen LogP contribution in [-0.2, 0) is 19.6 Å². The molecule has 9 heteroatoms. The Hall–Kier alpha value is -1.71. The van der Waals surface area contributed by atoms with Crippen LogP contribution in [0.4, 0.5) is 4.39 Å². The van der Waals surface area contributed by atoms with Crippen molar-refractivity contribution in [2.24, 2.45) is 0 Å². The van der Waals surface area contributed by atoms with Gasteiger partial charge >= 0.3 is 0 Å². The summed E-state index contributed by atoms with van der Waals surface area (Å²) in [7, 11) is -1.36. The molecule has 0 saturated carbocycles. The number of amides is 1. The van der Waals surface area contributed by atoms with Gasteiger partial charge in [0.25, 0.3) is 0 Å². The normalized spacial score (nSPS) is 12.7. The first kappa shape index (κ1) is 18.3. The van der Waals surface area contributed by atoms with E-state index in [0.29, 0.717) is 6.61 Å². The highest BCUT2D eigenvalue weighted by atomic mass is 32.2. The smallest absolute Gasteiger partial charge is 0.245 e. The van der Waals surface area contributed by atoms with Gasteiger partial charge in [-0.3, -0.25) is 4.79 Å². The molecule has 1 amide bonds. The number of benzene rings is 1. The fraction of sp³-hybridized carbons (Fsp3) is 0.462. The fourth-order valence-corrected chi connectivity index (χ4v) is 3.02. The number of carbonyl (C=O) groups excluding carboxylic acids is 1. The second-order valence-electron chi connectivity index (χ2n) is 4.42. The quantitative estimate of drug-likeness (QED) is 0.665. The molecule has 7 nitrogen and oxygen atoms in total. The van der Waals surface area contributed by atoms with E-state index in [1.54, 1.807) is 0 Å². The summed E-state index contributed by atoms with van der Waals surface area (Å²) in [6.45, 7) is 1.94. The summed E-state index contributed by atoms with van der Waals surface area (Å²) in [5, 5.41) is 2.50. The van der Waals surface area contributed by atoms with Crippen LogP contribution in [-0.4, -0.2) is 47.7 Å². The maximum absolute atomic E-state index is 13.3. The highest BCUT2D eigenvalue weighted by molar-refractivity contribution is 7.89. The lowest BCUT2D eigenvalue weighted by molar-refractivity contribution is -0.122. The first-order valence-corrected chi connectivity index (χ1v) is 7.92. The molecule has 0 fully saturated rings. The Labute approximate surface area is 128 Å². The maximum Gasteiger partial charge on any atom is 0.245 e. The second kappa shape index (κ2) is 8.06. The molecule has 124 valence electrons. The molecule has 2 N–H and O–H groups in total. The molecule has 0 bridgehead atoms. The summed E-state index contributed by atoms with van der Waals surface area (Å²) in [5.41, 5.74) is 0. The number of methoxy groups -OCH3 is 2. The number of rotatable bonds is 8. The third kappa shape index (κ3) is 4.93. The molecule has 1 aromatic carbocycles. The van der Waals surface area contributed by atoms with E-state index < -0.39 is 27.8 Å². The minimum Gasteiger partial charge on any atom is -0.495 e. The first-order chi connectivity index (χ1) is 10.3. The molecule has 0 spiro atoms. The van der Waals surface area contributed by atoms with E-state index in [1.807, 2.05) is 0 Å². The molecule has 0 aliphatic rings. The fourth-order valence-electron chi connectivity index (χ4n) is 1.64. The topological polar surface area (TPSA) is 93.7 Å². The molecular formula is C13H19FN2O5S. The number of halogens is 1. The Balaban J connectivity index is 2.87. The minimum absolute atomic E-state index is 0.0131. The average molecular weight is 334 g/mol. The van der Waals surface area contributed by atoms with E-state index in [1.165, 1.54) is 27.2 Å².